The van der Waals surface area contributed by atoms with Crippen LogP contribution in [0.1, 0.15) is 12.8 Å². The molecule has 0 spiro atoms. The summed E-state index contributed by atoms with van der Waals surface area (Å²) in [5.74, 6) is 2.41. The van der Waals surface area contributed by atoms with Gasteiger partial charge in [-0.15, -0.1) is 0 Å². The van der Waals surface area contributed by atoms with E-state index >= 15 is 0 Å². The summed E-state index contributed by atoms with van der Waals surface area (Å²) >= 11 is 0. The summed E-state index contributed by atoms with van der Waals surface area (Å²) in [6, 6.07) is 9.91. The van der Waals surface area contributed by atoms with Gasteiger partial charge in [0.25, 0.3) is 0 Å². The van der Waals surface area contributed by atoms with Crippen LogP contribution >= 0.6 is 0 Å². The van der Waals surface area contributed by atoms with Crippen molar-refractivity contribution in [3.8, 4) is 0 Å². The van der Waals surface area contributed by atoms with E-state index in [1.165, 1.54) is 17.7 Å². The molecule has 0 unspecified atom stereocenters. The van der Waals surface area contributed by atoms with E-state index in [2.05, 4.69) is 18.2 Å². The first-order valence-electron chi connectivity index (χ1n) is 7.43. The summed E-state index contributed by atoms with van der Waals surface area (Å²) in [6.07, 6.45) is 9.57. The number of rotatable bonds is 2. The fourth-order valence-corrected chi connectivity index (χ4v) is 6.10. The first-order valence-corrected chi connectivity index (χ1v) is 8.58. The van der Waals surface area contributed by atoms with Gasteiger partial charge in [0.05, 0.1) is 10.8 Å². The molecule has 1 aromatic rings. The Hall–Kier alpha value is -1.41. The molecule has 0 aliphatic heterocycles. The normalized spacial score (nSPS) is 37.5. The molecule has 4 bridgehead atoms. The molecule has 0 saturated carbocycles. The van der Waals surface area contributed by atoms with Gasteiger partial charge in [-0.25, -0.2) is 4.21 Å². The van der Waals surface area contributed by atoms with Crippen LogP contribution in [0.5, 0.6) is 0 Å². The maximum Gasteiger partial charge on any atom is 0.0811 e. The summed E-state index contributed by atoms with van der Waals surface area (Å²) in [4.78, 5) is 2.13. The average molecular weight is 280 g/mol. The van der Waals surface area contributed by atoms with E-state index in [4.69, 9.17) is 0 Å². The summed E-state index contributed by atoms with van der Waals surface area (Å²) in [7, 11) is -0.967. The molecule has 4 aliphatic carbocycles. The fourth-order valence-electron chi connectivity index (χ4n) is 4.66. The Labute approximate surface area is 121 Å². The lowest BCUT2D eigenvalue weighted by atomic mass is 9.89. The third kappa shape index (κ3) is 1.30. The molecule has 0 radical (unpaired) electrons. The number of hydrogen-bond donors (Lipinski definition) is 0. The van der Waals surface area contributed by atoms with Gasteiger partial charge >= 0.3 is 0 Å². The van der Waals surface area contributed by atoms with Gasteiger partial charge in [-0.2, -0.15) is 0 Å². The second-order valence-electron chi connectivity index (χ2n) is 6.29. The Kier molecular flexibility index (Phi) is 2.15. The monoisotopic (exact) mass is 280 g/mol. The number of benzene rings is 1. The van der Waals surface area contributed by atoms with E-state index in [1.807, 2.05) is 30.3 Å². The predicted octanol–water partition coefficient (Wildman–Crippen LogP) is 3.83. The van der Waals surface area contributed by atoms with Crippen molar-refractivity contribution in [2.24, 2.45) is 23.7 Å². The summed E-state index contributed by atoms with van der Waals surface area (Å²) in [5, 5.41) is 0. The smallest absolute Gasteiger partial charge is 0.0811 e. The van der Waals surface area contributed by atoms with Crippen LogP contribution in [0.15, 0.2) is 69.5 Å². The van der Waals surface area contributed by atoms with Gasteiger partial charge in [0, 0.05) is 21.6 Å². The molecule has 0 N–H and O–H groups in total. The molecular weight excluding hydrogens is 264 g/mol. The van der Waals surface area contributed by atoms with Gasteiger partial charge in [0.2, 0.25) is 0 Å². The molecule has 1 nitrogen and oxygen atoms in total. The number of allylic oxidation sites excluding steroid dienone is 6. The molecular formula is C18H16OS. The number of hydrogen-bond acceptors (Lipinski definition) is 1. The molecule has 5 rings (SSSR count). The minimum atomic E-state index is -0.967. The maximum atomic E-state index is 12.8. The molecule has 20 heavy (non-hydrogen) atoms. The number of fused-ring (bicyclic) bond motifs is 8. The molecule has 0 fully saturated rings. The highest BCUT2D eigenvalue weighted by Gasteiger charge is 2.51. The summed E-state index contributed by atoms with van der Waals surface area (Å²) in [6.45, 7) is 0. The highest BCUT2D eigenvalue weighted by Crippen LogP contribution is 2.61. The molecule has 0 heterocycles. The molecule has 4 aliphatic rings. The highest BCUT2D eigenvalue weighted by molar-refractivity contribution is 7.89. The van der Waals surface area contributed by atoms with Crippen LogP contribution in [0, 0.1) is 23.7 Å². The molecule has 100 valence electrons. The topological polar surface area (TPSA) is 17.1 Å². The van der Waals surface area contributed by atoms with E-state index in [0.29, 0.717) is 23.7 Å². The third-order valence-corrected chi connectivity index (χ3v) is 6.91. The van der Waals surface area contributed by atoms with Crippen LogP contribution in [0.4, 0.5) is 0 Å². The van der Waals surface area contributed by atoms with Crippen LogP contribution < -0.4 is 0 Å². The van der Waals surface area contributed by atoms with Gasteiger partial charge in [-0.3, -0.25) is 0 Å². The molecule has 0 saturated heterocycles. The zero-order valence-corrected chi connectivity index (χ0v) is 12.0. The van der Waals surface area contributed by atoms with Crippen LogP contribution in [-0.4, -0.2) is 4.21 Å². The lowest BCUT2D eigenvalue weighted by Gasteiger charge is -2.21. The molecule has 0 aromatic heterocycles. The third-order valence-electron chi connectivity index (χ3n) is 5.36. The highest BCUT2D eigenvalue weighted by atomic mass is 32.2. The molecule has 1 aromatic carbocycles. The van der Waals surface area contributed by atoms with Crippen molar-refractivity contribution in [1.29, 1.82) is 0 Å². The lowest BCUT2D eigenvalue weighted by Crippen LogP contribution is -2.12. The standard InChI is InChI=1S/C18H16OS/c19-20(14-4-2-1-3-5-14)16-10-13-9-15(16)18-12-7-6-11(8-12)17(13)18/h1-7,10-13,15H,8-9H2/t11-,12-,13+,15+,20+/m0/s1. The quantitative estimate of drug-likeness (QED) is 0.594. The zero-order chi connectivity index (χ0) is 13.3. The van der Waals surface area contributed by atoms with Crippen LogP contribution in [0.3, 0.4) is 0 Å². The fraction of sp³-hybridized carbons (Fsp3) is 0.333. The average Bonchev–Trinajstić information content (AvgIpc) is 3.24. The first-order chi connectivity index (χ1) is 9.83. The van der Waals surface area contributed by atoms with Crippen LogP contribution in [0.25, 0.3) is 0 Å². The maximum absolute atomic E-state index is 12.8. The minimum absolute atomic E-state index is 0.469. The van der Waals surface area contributed by atoms with E-state index in [-0.39, 0.29) is 0 Å². The predicted molar refractivity (Wildman–Crippen MR) is 80.3 cm³/mol. The van der Waals surface area contributed by atoms with Gasteiger partial charge in [0.15, 0.2) is 0 Å². The van der Waals surface area contributed by atoms with Crippen molar-refractivity contribution in [3.05, 3.63) is 64.6 Å². The minimum Gasteiger partial charge on any atom is -0.249 e. The largest absolute Gasteiger partial charge is 0.249 e. The Morgan fingerprint density at radius 3 is 2.45 bits per heavy atom. The Morgan fingerprint density at radius 1 is 0.900 bits per heavy atom. The van der Waals surface area contributed by atoms with Gasteiger partial charge in [-0.05, 0) is 36.8 Å². The lowest BCUT2D eigenvalue weighted by molar-refractivity contribution is 0.571. The zero-order valence-electron chi connectivity index (χ0n) is 11.2. The van der Waals surface area contributed by atoms with Crippen molar-refractivity contribution in [2.45, 2.75) is 17.7 Å². The van der Waals surface area contributed by atoms with Crippen molar-refractivity contribution in [2.75, 3.05) is 0 Å². The second-order valence-corrected chi connectivity index (χ2v) is 7.77. The Balaban J connectivity index is 1.52. The summed E-state index contributed by atoms with van der Waals surface area (Å²) < 4.78 is 12.8. The van der Waals surface area contributed by atoms with E-state index in [0.717, 1.165) is 4.90 Å². The van der Waals surface area contributed by atoms with E-state index in [1.54, 1.807) is 11.1 Å². The van der Waals surface area contributed by atoms with Crippen LogP contribution in [0.2, 0.25) is 0 Å². The summed E-state index contributed by atoms with van der Waals surface area (Å²) in [5.41, 5.74) is 3.33. The molecule has 5 atom stereocenters. The molecule has 0 amide bonds. The Bertz CT molecular complexity index is 710. The van der Waals surface area contributed by atoms with E-state index in [9.17, 15) is 4.21 Å². The van der Waals surface area contributed by atoms with Gasteiger partial charge in [0.1, 0.15) is 0 Å². The Morgan fingerprint density at radius 2 is 1.65 bits per heavy atom. The van der Waals surface area contributed by atoms with Gasteiger partial charge in [-0.1, -0.05) is 47.6 Å². The molecule has 2 heteroatoms. The SMILES string of the molecule is O=[S@@](C1=C[C@H]2C[C@H]1C1=C2[C@H]2C=C[C@H]1C2)c1ccccc1. The van der Waals surface area contributed by atoms with Gasteiger partial charge < -0.3 is 0 Å². The van der Waals surface area contributed by atoms with Crippen molar-refractivity contribution >= 4 is 10.8 Å². The van der Waals surface area contributed by atoms with E-state index < -0.39 is 10.8 Å². The van der Waals surface area contributed by atoms with Crippen molar-refractivity contribution < 1.29 is 4.21 Å². The second kappa shape index (κ2) is 3.82. The first kappa shape index (κ1) is 11.3. The van der Waals surface area contributed by atoms with Crippen molar-refractivity contribution in [1.82, 2.24) is 0 Å². The van der Waals surface area contributed by atoms with Crippen molar-refractivity contribution in [3.63, 3.8) is 0 Å². The van der Waals surface area contributed by atoms with Crippen LogP contribution in [-0.2, 0) is 10.8 Å².